The number of anilines is 1. The average molecular weight is 301 g/mol. The normalized spacial score (nSPS) is 10.9. The van der Waals surface area contributed by atoms with E-state index in [9.17, 15) is 4.79 Å². The molecule has 3 rings (SSSR count). The number of carbonyl (C=O) groups excluding carboxylic acids is 1. The van der Waals surface area contributed by atoms with E-state index >= 15 is 0 Å². The third-order valence-electron chi connectivity index (χ3n) is 3.05. The SMILES string of the molecule is Cn1cnc(CCNC(=O)c2cc3cc(N)ccc3s2)n1. The van der Waals surface area contributed by atoms with Gasteiger partial charge < -0.3 is 11.1 Å². The van der Waals surface area contributed by atoms with Crippen molar-refractivity contribution in [2.75, 3.05) is 12.3 Å². The Labute approximate surface area is 125 Å². The number of nitrogen functional groups attached to an aromatic ring is 1. The maximum Gasteiger partial charge on any atom is 0.261 e. The summed E-state index contributed by atoms with van der Waals surface area (Å²) in [7, 11) is 1.82. The molecule has 0 aliphatic heterocycles. The number of nitrogens with one attached hydrogen (secondary N) is 1. The number of rotatable bonds is 4. The van der Waals surface area contributed by atoms with Crippen molar-refractivity contribution in [1.82, 2.24) is 20.1 Å². The van der Waals surface area contributed by atoms with E-state index < -0.39 is 0 Å². The molecule has 0 fully saturated rings. The lowest BCUT2D eigenvalue weighted by Gasteiger charge is -2.00. The zero-order valence-corrected chi connectivity index (χ0v) is 12.4. The highest BCUT2D eigenvalue weighted by molar-refractivity contribution is 7.20. The van der Waals surface area contributed by atoms with Crippen LogP contribution in [0.25, 0.3) is 10.1 Å². The second kappa shape index (κ2) is 5.53. The van der Waals surface area contributed by atoms with Crippen LogP contribution in [-0.2, 0) is 13.5 Å². The molecule has 0 bridgehead atoms. The van der Waals surface area contributed by atoms with Crippen molar-refractivity contribution in [2.45, 2.75) is 6.42 Å². The Kier molecular flexibility index (Phi) is 3.57. The van der Waals surface area contributed by atoms with Gasteiger partial charge in [0.25, 0.3) is 5.91 Å². The first-order valence-corrected chi connectivity index (χ1v) is 7.35. The first kappa shape index (κ1) is 13.6. The van der Waals surface area contributed by atoms with Crippen LogP contribution in [0.5, 0.6) is 0 Å². The molecule has 0 atom stereocenters. The molecule has 21 heavy (non-hydrogen) atoms. The van der Waals surface area contributed by atoms with Crippen molar-refractivity contribution >= 4 is 33.0 Å². The summed E-state index contributed by atoms with van der Waals surface area (Å²) in [6, 6.07) is 7.52. The number of nitrogens with two attached hydrogens (primary N) is 1. The van der Waals surface area contributed by atoms with Crippen LogP contribution in [0, 0.1) is 0 Å². The third-order valence-corrected chi connectivity index (χ3v) is 4.16. The third kappa shape index (κ3) is 3.03. The van der Waals surface area contributed by atoms with Gasteiger partial charge in [0.1, 0.15) is 6.33 Å². The molecule has 3 N–H and O–H groups in total. The van der Waals surface area contributed by atoms with Crippen LogP contribution in [0.3, 0.4) is 0 Å². The predicted octanol–water partition coefficient (Wildman–Crippen LogP) is 1.58. The first-order chi connectivity index (χ1) is 10.1. The number of benzene rings is 1. The summed E-state index contributed by atoms with van der Waals surface area (Å²) in [5, 5.41) is 8.05. The molecule has 2 heterocycles. The highest BCUT2D eigenvalue weighted by Crippen LogP contribution is 2.27. The van der Waals surface area contributed by atoms with Crippen molar-refractivity contribution in [3.8, 4) is 0 Å². The molecule has 0 spiro atoms. The fourth-order valence-corrected chi connectivity index (χ4v) is 3.01. The maximum absolute atomic E-state index is 12.1. The van der Waals surface area contributed by atoms with Crippen LogP contribution in [0.2, 0.25) is 0 Å². The average Bonchev–Trinajstić information content (AvgIpc) is 3.04. The van der Waals surface area contributed by atoms with Gasteiger partial charge in [0, 0.05) is 30.4 Å². The Morgan fingerprint density at radius 1 is 1.43 bits per heavy atom. The molecule has 108 valence electrons. The second-order valence-electron chi connectivity index (χ2n) is 4.75. The van der Waals surface area contributed by atoms with Crippen LogP contribution in [0.4, 0.5) is 5.69 Å². The van der Waals surface area contributed by atoms with Crippen LogP contribution < -0.4 is 11.1 Å². The molecule has 0 saturated heterocycles. The summed E-state index contributed by atoms with van der Waals surface area (Å²) in [6.45, 7) is 0.513. The molecule has 0 aliphatic rings. The predicted molar refractivity (Wildman–Crippen MR) is 83.3 cm³/mol. The van der Waals surface area contributed by atoms with E-state index in [0.717, 1.165) is 15.9 Å². The summed E-state index contributed by atoms with van der Waals surface area (Å²) in [4.78, 5) is 16.9. The monoisotopic (exact) mass is 301 g/mol. The Hall–Kier alpha value is -2.41. The Morgan fingerprint density at radius 2 is 2.29 bits per heavy atom. The minimum atomic E-state index is -0.0781. The maximum atomic E-state index is 12.1. The molecule has 2 aromatic heterocycles. The van der Waals surface area contributed by atoms with E-state index in [-0.39, 0.29) is 5.91 Å². The molecular weight excluding hydrogens is 286 g/mol. The van der Waals surface area contributed by atoms with Gasteiger partial charge in [-0.25, -0.2) is 4.98 Å². The molecule has 6 nitrogen and oxygen atoms in total. The first-order valence-electron chi connectivity index (χ1n) is 6.53. The smallest absolute Gasteiger partial charge is 0.261 e. The van der Waals surface area contributed by atoms with E-state index in [0.29, 0.717) is 23.5 Å². The van der Waals surface area contributed by atoms with Gasteiger partial charge in [-0.15, -0.1) is 11.3 Å². The van der Waals surface area contributed by atoms with Crippen LogP contribution in [-0.4, -0.2) is 27.2 Å². The van der Waals surface area contributed by atoms with Crippen molar-refractivity contribution in [3.63, 3.8) is 0 Å². The zero-order chi connectivity index (χ0) is 14.8. The fraction of sp³-hybridized carbons (Fsp3) is 0.214. The van der Waals surface area contributed by atoms with Gasteiger partial charge in [-0.2, -0.15) is 5.10 Å². The van der Waals surface area contributed by atoms with Crippen LogP contribution in [0.1, 0.15) is 15.5 Å². The molecule has 7 heteroatoms. The molecule has 0 aliphatic carbocycles. The van der Waals surface area contributed by atoms with Crippen molar-refractivity contribution < 1.29 is 4.79 Å². The number of hydrogen-bond acceptors (Lipinski definition) is 5. The minimum Gasteiger partial charge on any atom is -0.399 e. The summed E-state index contributed by atoms with van der Waals surface area (Å²) in [6.07, 6.45) is 2.26. The molecule has 3 aromatic rings. The quantitative estimate of drug-likeness (QED) is 0.716. The van der Waals surface area contributed by atoms with E-state index in [2.05, 4.69) is 15.4 Å². The standard InChI is InChI=1S/C14H15N5OS/c1-19-8-17-13(18-19)4-5-16-14(20)12-7-9-6-10(15)2-3-11(9)21-12/h2-3,6-8H,4-5,15H2,1H3,(H,16,20). The largest absolute Gasteiger partial charge is 0.399 e. The Bertz CT molecular complexity index is 792. The molecule has 1 amide bonds. The lowest BCUT2D eigenvalue weighted by atomic mass is 10.2. The number of carbonyl (C=O) groups is 1. The molecule has 0 saturated carbocycles. The number of nitrogens with zero attached hydrogens (tertiary/aromatic N) is 3. The number of thiophene rings is 1. The van der Waals surface area contributed by atoms with Gasteiger partial charge >= 0.3 is 0 Å². The van der Waals surface area contributed by atoms with Gasteiger partial charge in [-0.1, -0.05) is 0 Å². The van der Waals surface area contributed by atoms with E-state index in [4.69, 9.17) is 5.73 Å². The lowest BCUT2D eigenvalue weighted by Crippen LogP contribution is -2.25. The number of aromatic nitrogens is 3. The summed E-state index contributed by atoms with van der Waals surface area (Å²) in [5.74, 6) is 0.646. The van der Waals surface area contributed by atoms with Crippen molar-refractivity contribution in [1.29, 1.82) is 0 Å². The highest BCUT2D eigenvalue weighted by atomic mass is 32.1. The molecule has 0 radical (unpaired) electrons. The summed E-state index contributed by atoms with van der Waals surface area (Å²) >= 11 is 1.46. The van der Waals surface area contributed by atoms with Crippen molar-refractivity contribution in [3.05, 3.63) is 41.3 Å². The molecular formula is C14H15N5OS. The van der Waals surface area contributed by atoms with E-state index in [1.54, 1.807) is 11.0 Å². The van der Waals surface area contributed by atoms with Crippen LogP contribution >= 0.6 is 11.3 Å². The second-order valence-corrected chi connectivity index (χ2v) is 5.83. The Balaban J connectivity index is 1.63. The van der Waals surface area contributed by atoms with E-state index in [1.807, 2.05) is 31.3 Å². The van der Waals surface area contributed by atoms with Gasteiger partial charge in [0.2, 0.25) is 0 Å². The highest BCUT2D eigenvalue weighted by Gasteiger charge is 2.10. The summed E-state index contributed by atoms with van der Waals surface area (Å²) < 4.78 is 2.70. The fourth-order valence-electron chi connectivity index (χ4n) is 2.05. The topological polar surface area (TPSA) is 85.8 Å². The zero-order valence-electron chi connectivity index (χ0n) is 11.5. The number of hydrogen-bond donors (Lipinski definition) is 2. The number of aryl methyl sites for hydroxylation is 1. The van der Waals surface area contributed by atoms with Gasteiger partial charge in [-0.05, 0) is 29.7 Å². The van der Waals surface area contributed by atoms with Gasteiger partial charge in [0.15, 0.2) is 5.82 Å². The van der Waals surface area contributed by atoms with Gasteiger partial charge in [-0.3, -0.25) is 9.48 Å². The molecule has 0 unspecified atom stereocenters. The number of fused-ring (bicyclic) bond motifs is 1. The van der Waals surface area contributed by atoms with Gasteiger partial charge in [0.05, 0.1) is 4.88 Å². The van der Waals surface area contributed by atoms with Crippen LogP contribution in [0.15, 0.2) is 30.6 Å². The molecule has 1 aromatic carbocycles. The van der Waals surface area contributed by atoms with Crippen molar-refractivity contribution in [2.24, 2.45) is 7.05 Å². The minimum absolute atomic E-state index is 0.0781. The lowest BCUT2D eigenvalue weighted by molar-refractivity contribution is 0.0958. The van der Waals surface area contributed by atoms with E-state index in [1.165, 1.54) is 11.3 Å². The number of amides is 1. The summed E-state index contributed by atoms with van der Waals surface area (Å²) in [5.41, 5.74) is 6.45. The Morgan fingerprint density at radius 3 is 3.05 bits per heavy atom.